The Morgan fingerprint density at radius 2 is 1.35 bits per heavy atom. The average molecular weight is 627 g/mol. The maximum atomic E-state index is 13.5. The molecule has 0 aliphatic carbocycles. The number of rotatable bonds is 8. The number of hydrogen-bond donors (Lipinski definition) is 0. The Morgan fingerprint density at radius 1 is 0.761 bits per heavy atom. The van der Waals surface area contributed by atoms with Crippen molar-refractivity contribution >= 4 is 17.9 Å². The molecule has 1 unspecified atom stereocenters. The van der Waals surface area contributed by atoms with E-state index < -0.39 is 0 Å². The van der Waals surface area contributed by atoms with Gasteiger partial charge in [-0.25, -0.2) is 4.79 Å². The first-order chi connectivity index (χ1) is 22.4. The molecule has 9 heteroatoms. The lowest BCUT2D eigenvalue weighted by Gasteiger charge is -2.47. The molecule has 0 radical (unpaired) electrons. The average Bonchev–Trinajstić information content (AvgIpc) is 3.08. The standard InChI is InChI=1S/C37H46N4O5/c1-27-21-32(24-35(42)40(27)30-15-19-39(20-16-30)37(44)46-26-29-11-7-4-8-12-29)38-17-13-31(14-18-38)41-33(22-28-9-5-3-6-10-28)23-34(45-2)25-36(41)43/h3-12,24-25,27,30-31,33H,13-23,26H2,1-2H3/t27?,33-/m1/s1. The summed E-state index contributed by atoms with van der Waals surface area (Å²) in [4.78, 5) is 47.7. The first kappa shape index (κ1) is 31.7. The summed E-state index contributed by atoms with van der Waals surface area (Å²) < 4.78 is 11.0. The zero-order valence-electron chi connectivity index (χ0n) is 27.1. The summed E-state index contributed by atoms with van der Waals surface area (Å²) in [6.07, 6.45) is 8.77. The van der Waals surface area contributed by atoms with Crippen molar-refractivity contribution in [3.63, 3.8) is 0 Å². The minimum Gasteiger partial charge on any atom is -0.501 e. The van der Waals surface area contributed by atoms with Gasteiger partial charge in [0.25, 0.3) is 0 Å². The molecular formula is C37H46N4O5. The van der Waals surface area contributed by atoms with Crippen molar-refractivity contribution < 1.29 is 23.9 Å². The summed E-state index contributed by atoms with van der Waals surface area (Å²) in [6, 6.07) is 20.5. The fourth-order valence-electron chi connectivity index (χ4n) is 7.68. The van der Waals surface area contributed by atoms with E-state index in [9.17, 15) is 14.4 Å². The molecule has 4 heterocycles. The highest BCUT2D eigenvalue weighted by Gasteiger charge is 2.39. The van der Waals surface area contributed by atoms with Gasteiger partial charge < -0.3 is 29.1 Å². The largest absolute Gasteiger partial charge is 0.501 e. The lowest BCUT2D eigenvalue weighted by molar-refractivity contribution is -0.133. The maximum absolute atomic E-state index is 13.5. The predicted octanol–water partition coefficient (Wildman–Crippen LogP) is 5.13. The van der Waals surface area contributed by atoms with E-state index >= 15 is 0 Å². The third-order valence-electron chi connectivity index (χ3n) is 10.1. The van der Waals surface area contributed by atoms with Gasteiger partial charge in [0.2, 0.25) is 11.8 Å². The molecule has 4 aliphatic heterocycles. The van der Waals surface area contributed by atoms with Crippen molar-refractivity contribution in [3.05, 3.63) is 95.4 Å². The minimum absolute atomic E-state index is 0.0364. The Hall–Kier alpha value is -4.27. The van der Waals surface area contributed by atoms with Crippen LogP contribution in [0.1, 0.15) is 56.6 Å². The lowest BCUT2D eigenvalue weighted by Crippen LogP contribution is -2.55. The van der Waals surface area contributed by atoms with Crippen LogP contribution in [0.5, 0.6) is 0 Å². The maximum Gasteiger partial charge on any atom is 0.410 e. The summed E-state index contributed by atoms with van der Waals surface area (Å²) in [5.41, 5.74) is 3.29. The highest BCUT2D eigenvalue weighted by Crippen LogP contribution is 2.33. The number of amides is 3. The van der Waals surface area contributed by atoms with Gasteiger partial charge in [0.15, 0.2) is 0 Å². The molecule has 3 amide bonds. The molecule has 9 nitrogen and oxygen atoms in total. The van der Waals surface area contributed by atoms with E-state index in [0.717, 1.165) is 75.1 Å². The van der Waals surface area contributed by atoms with Gasteiger partial charge >= 0.3 is 6.09 Å². The third-order valence-corrected chi connectivity index (χ3v) is 10.1. The summed E-state index contributed by atoms with van der Waals surface area (Å²) in [5.74, 6) is 0.847. The Bertz CT molecular complexity index is 1430. The van der Waals surface area contributed by atoms with Gasteiger partial charge in [0, 0.05) is 81.0 Å². The van der Waals surface area contributed by atoms with Crippen LogP contribution in [0.15, 0.2) is 84.3 Å². The smallest absolute Gasteiger partial charge is 0.410 e. The molecule has 4 aliphatic rings. The molecular weight excluding hydrogens is 580 g/mol. The number of methoxy groups -OCH3 is 1. The third kappa shape index (κ3) is 7.24. The van der Waals surface area contributed by atoms with E-state index in [1.54, 1.807) is 18.1 Å². The lowest BCUT2D eigenvalue weighted by atomic mass is 9.92. The van der Waals surface area contributed by atoms with Crippen molar-refractivity contribution in [2.45, 2.75) is 82.6 Å². The SMILES string of the molecule is COC1=CC(=O)N(C2CCN(C3=CC(=O)N(C4CCN(C(=O)OCc5ccccc5)CC4)C(C)C3)CC2)[C@H](Cc2ccccc2)C1. The number of nitrogens with zero attached hydrogens (tertiary/aromatic N) is 4. The second kappa shape index (κ2) is 14.4. The number of piperidine rings is 2. The number of hydrogen-bond acceptors (Lipinski definition) is 6. The summed E-state index contributed by atoms with van der Waals surface area (Å²) >= 11 is 0. The van der Waals surface area contributed by atoms with Crippen molar-refractivity contribution in [2.75, 3.05) is 33.3 Å². The fraction of sp³-hybridized carbons (Fsp3) is 0.486. The van der Waals surface area contributed by atoms with Gasteiger partial charge in [-0.15, -0.1) is 0 Å². The second-order valence-corrected chi connectivity index (χ2v) is 13.0. The van der Waals surface area contributed by atoms with Crippen LogP contribution >= 0.6 is 0 Å². The molecule has 2 saturated heterocycles. The van der Waals surface area contributed by atoms with Crippen LogP contribution in [-0.4, -0.2) is 95.0 Å². The summed E-state index contributed by atoms with van der Waals surface area (Å²) in [6.45, 7) is 5.21. The van der Waals surface area contributed by atoms with E-state index in [4.69, 9.17) is 9.47 Å². The van der Waals surface area contributed by atoms with E-state index in [1.165, 1.54) is 5.56 Å². The monoisotopic (exact) mass is 626 g/mol. The molecule has 244 valence electrons. The quantitative estimate of drug-likeness (QED) is 0.404. The van der Waals surface area contributed by atoms with Crippen LogP contribution in [0.4, 0.5) is 4.79 Å². The number of carbonyl (C=O) groups excluding carboxylic acids is 3. The molecule has 46 heavy (non-hydrogen) atoms. The highest BCUT2D eigenvalue weighted by molar-refractivity contribution is 5.90. The Morgan fingerprint density at radius 3 is 1.98 bits per heavy atom. The van der Waals surface area contributed by atoms with Gasteiger partial charge in [-0.3, -0.25) is 9.59 Å². The first-order valence-electron chi connectivity index (χ1n) is 16.7. The topological polar surface area (TPSA) is 82.6 Å². The van der Waals surface area contributed by atoms with Crippen molar-refractivity contribution in [2.24, 2.45) is 0 Å². The van der Waals surface area contributed by atoms with E-state index in [1.807, 2.05) is 59.5 Å². The van der Waals surface area contributed by atoms with Crippen LogP contribution in [0.3, 0.4) is 0 Å². The van der Waals surface area contributed by atoms with Crippen LogP contribution in [0.25, 0.3) is 0 Å². The zero-order valence-corrected chi connectivity index (χ0v) is 27.1. The van der Waals surface area contributed by atoms with E-state index in [2.05, 4.69) is 28.9 Å². The van der Waals surface area contributed by atoms with Gasteiger partial charge in [0.05, 0.1) is 7.11 Å². The molecule has 0 saturated carbocycles. The van der Waals surface area contributed by atoms with Gasteiger partial charge in [-0.1, -0.05) is 60.7 Å². The summed E-state index contributed by atoms with van der Waals surface area (Å²) in [5, 5.41) is 0. The molecule has 2 fully saturated rings. The molecule has 0 aromatic heterocycles. The van der Waals surface area contributed by atoms with E-state index in [0.29, 0.717) is 13.1 Å². The zero-order chi connectivity index (χ0) is 32.0. The second-order valence-electron chi connectivity index (χ2n) is 13.0. The molecule has 2 aromatic carbocycles. The first-order valence-corrected chi connectivity index (χ1v) is 16.7. The molecule has 2 aromatic rings. The molecule has 2 atom stereocenters. The summed E-state index contributed by atoms with van der Waals surface area (Å²) in [7, 11) is 1.64. The van der Waals surface area contributed by atoms with E-state index in [-0.39, 0.29) is 48.7 Å². The number of likely N-dealkylation sites (tertiary alicyclic amines) is 2. The van der Waals surface area contributed by atoms with Gasteiger partial charge in [-0.05, 0) is 50.2 Å². The Kier molecular flexibility index (Phi) is 9.95. The van der Waals surface area contributed by atoms with Crippen LogP contribution in [0, 0.1) is 0 Å². The van der Waals surface area contributed by atoms with Crippen LogP contribution < -0.4 is 0 Å². The normalized spacial score (nSPS) is 23.3. The Labute approximate surface area is 272 Å². The number of carbonyl (C=O) groups is 3. The molecule has 6 rings (SSSR count). The highest BCUT2D eigenvalue weighted by atomic mass is 16.6. The number of ether oxygens (including phenoxy) is 2. The van der Waals surface area contributed by atoms with Gasteiger partial charge in [0.1, 0.15) is 12.4 Å². The van der Waals surface area contributed by atoms with Crippen LogP contribution in [-0.2, 0) is 32.1 Å². The fourth-order valence-corrected chi connectivity index (χ4v) is 7.68. The molecule has 0 spiro atoms. The van der Waals surface area contributed by atoms with Crippen molar-refractivity contribution in [1.82, 2.24) is 19.6 Å². The number of benzene rings is 2. The van der Waals surface area contributed by atoms with Crippen molar-refractivity contribution in [1.29, 1.82) is 0 Å². The molecule has 0 N–H and O–H groups in total. The van der Waals surface area contributed by atoms with Gasteiger partial charge in [-0.2, -0.15) is 0 Å². The molecule has 0 bridgehead atoms. The predicted molar refractivity (Wildman–Crippen MR) is 175 cm³/mol. The minimum atomic E-state index is -0.293. The van der Waals surface area contributed by atoms with Crippen LogP contribution in [0.2, 0.25) is 0 Å². The Balaban J connectivity index is 1.02. The van der Waals surface area contributed by atoms with Crippen molar-refractivity contribution in [3.8, 4) is 0 Å².